The molecule has 2 rings (SSSR count). The van der Waals surface area contributed by atoms with Gasteiger partial charge in [0.25, 0.3) is 0 Å². The lowest BCUT2D eigenvalue weighted by Gasteiger charge is -2.33. The molecular weight excluding hydrogens is 293 g/mol. The van der Waals surface area contributed by atoms with E-state index in [1.54, 1.807) is 24.3 Å². The predicted octanol–water partition coefficient (Wildman–Crippen LogP) is 3.30. The quantitative estimate of drug-likeness (QED) is 0.866. The Bertz CT molecular complexity index is 724. The normalized spacial score (nSPS) is 14.3. The maximum Gasteiger partial charge on any atom is 0.163 e. The third-order valence-corrected chi connectivity index (χ3v) is 3.93. The van der Waals surface area contributed by atoms with E-state index < -0.39 is 5.82 Å². The molecule has 6 heteroatoms. The molecule has 0 radical (unpaired) electrons. The molecule has 0 unspecified atom stereocenters. The van der Waals surface area contributed by atoms with Crippen molar-refractivity contribution < 1.29 is 4.39 Å². The Labute approximate surface area is 134 Å². The van der Waals surface area contributed by atoms with Gasteiger partial charge < -0.3 is 10.2 Å². The van der Waals surface area contributed by atoms with Crippen molar-refractivity contribution in [1.29, 1.82) is 15.8 Å². The number of hydrogen-bond donors (Lipinski definition) is 1. The summed E-state index contributed by atoms with van der Waals surface area (Å²) in [6.07, 6.45) is 2.08. The van der Waals surface area contributed by atoms with E-state index in [1.165, 1.54) is 12.1 Å². The van der Waals surface area contributed by atoms with E-state index >= 15 is 0 Å². The molecule has 0 spiro atoms. The summed E-state index contributed by atoms with van der Waals surface area (Å²) in [6.45, 7) is 3.89. The Balaban J connectivity index is 2.37. The van der Waals surface area contributed by atoms with Crippen molar-refractivity contribution in [2.45, 2.75) is 19.8 Å². The molecule has 1 aromatic carbocycles. The molecule has 0 aromatic heterocycles. The highest BCUT2D eigenvalue weighted by molar-refractivity contribution is 5.74. The zero-order valence-corrected chi connectivity index (χ0v) is 12.8. The van der Waals surface area contributed by atoms with Gasteiger partial charge in [0.15, 0.2) is 5.57 Å². The second kappa shape index (κ2) is 7.29. The van der Waals surface area contributed by atoms with Gasteiger partial charge in [-0.2, -0.15) is 15.8 Å². The van der Waals surface area contributed by atoms with Crippen LogP contribution in [0.1, 0.15) is 19.8 Å². The Kier molecular flexibility index (Phi) is 5.18. The van der Waals surface area contributed by atoms with Crippen molar-refractivity contribution in [2.75, 3.05) is 23.3 Å². The first-order valence-electron chi connectivity index (χ1n) is 7.35. The highest BCUT2D eigenvalue weighted by atomic mass is 19.1. The first kappa shape index (κ1) is 16.3. The summed E-state index contributed by atoms with van der Waals surface area (Å²) >= 11 is 0. The van der Waals surface area contributed by atoms with Gasteiger partial charge in [-0.25, -0.2) is 4.39 Å². The van der Waals surface area contributed by atoms with Crippen LogP contribution in [0.15, 0.2) is 29.5 Å². The third kappa shape index (κ3) is 3.78. The number of rotatable bonds is 3. The number of nitriles is 3. The van der Waals surface area contributed by atoms with Crippen LogP contribution in [-0.2, 0) is 0 Å². The fraction of sp³-hybridized carbons (Fsp3) is 0.353. The number of allylic oxidation sites excluding steroid dienone is 2. The zero-order valence-electron chi connectivity index (χ0n) is 12.8. The lowest BCUT2D eigenvalue weighted by atomic mass is 9.98. The number of piperidine rings is 1. The van der Waals surface area contributed by atoms with Gasteiger partial charge in [-0.3, -0.25) is 0 Å². The summed E-state index contributed by atoms with van der Waals surface area (Å²) < 4.78 is 13.6. The fourth-order valence-corrected chi connectivity index (χ4v) is 2.55. The Hall–Kier alpha value is -3.04. The van der Waals surface area contributed by atoms with E-state index in [2.05, 4.69) is 17.1 Å². The van der Waals surface area contributed by atoms with Crippen LogP contribution in [0, 0.1) is 45.7 Å². The minimum atomic E-state index is -0.450. The highest BCUT2D eigenvalue weighted by Crippen LogP contribution is 2.31. The molecule has 1 aliphatic heterocycles. The SMILES string of the molecule is CC1CCN(c2ccc(F)cc2NC(C#N)=C(C#N)C#N)CC1. The van der Waals surface area contributed by atoms with E-state index in [4.69, 9.17) is 15.8 Å². The van der Waals surface area contributed by atoms with Crippen molar-refractivity contribution in [3.8, 4) is 18.2 Å². The monoisotopic (exact) mass is 309 g/mol. The number of anilines is 2. The Morgan fingerprint density at radius 2 is 1.83 bits per heavy atom. The number of benzene rings is 1. The Morgan fingerprint density at radius 1 is 1.17 bits per heavy atom. The van der Waals surface area contributed by atoms with E-state index in [0.29, 0.717) is 11.6 Å². The number of nitrogens with zero attached hydrogens (tertiary/aromatic N) is 4. The minimum absolute atomic E-state index is 0.174. The molecule has 1 N–H and O–H groups in total. The first-order valence-corrected chi connectivity index (χ1v) is 7.35. The van der Waals surface area contributed by atoms with Gasteiger partial charge in [0, 0.05) is 13.1 Å². The lowest BCUT2D eigenvalue weighted by Crippen LogP contribution is -2.33. The van der Waals surface area contributed by atoms with Crippen molar-refractivity contribution >= 4 is 11.4 Å². The van der Waals surface area contributed by atoms with E-state index in [-0.39, 0.29) is 11.3 Å². The average Bonchev–Trinajstić information content (AvgIpc) is 2.56. The number of halogens is 1. The Morgan fingerprint density at radius 3 is 2.39 bits per heavy atom. The molecule has 0 aliphatic carbocycles. The van der Waals surface area contributed by atoms with Crippen LogP contribution in [0.2, 0.25) is 0 Å². The van der Waals surface area contributed by atoms with Gasteiger partial charge >= 0.3 is 0 Å². The molecule has 116 valence electrons. The van der Waals surface area contributed by atoms with Gasteiger partial charge in [-0.15, -0.1) is 0 Å². The largest absolute Gasteiger partial charge is 0.370 e. The van der Waals surface area contributed by atoms with Crippen LogP contribution < -0.4 is 10.2 Å². The molecule has 0 bridgehead atoms. The molecule has 1 saturated heterocycles. The molecule has 23 heavy (non-hydrogen) atoms. The van der Waals surface area contributed by atoms with Gasteiger partial charge in [0.2, 0.25) is 0 Å². The van der Waals surface area contributed by atoms with Crippen molar-refractivity contribution in [3.63, 3.8) is 0 Å². The fourth-order valence-electron chi connectivity index (χ4n) is 2.55. The standard InChI is InChI=1S/C17H16FN5/c1-12-4-6-23(7-5-12)17-3-2-14(18)8-15(17)22-16(11-21)13(9-19)10-20/h2-3,8,12,22H,4-7H2,1H3. The van der Waals surface area contributed by atoms with Crippen LogP contribution in [0.3, 0.4) is 0 Å². The maximum absolute atomic E-state index is 13.6. The summed E-state index contributed by atoms with van der Waals surface area (Å²) in [7, 11) is 0. The van der Waals surface area contributed by atoms with Gasteiger partial charge in [-0.1, -0.05) is 6.92 Å². The topological polar surface area (TPSA) is 86.6 Å². The molecule has 0 saturated carbocycles. The smallest absolute Gasteiger partial charge is 0.163 e. The van der Waals surface area contributed by atoms with Crippen LogP contribution in [0.25, 0.3) is 0 Å². The van der Waals surface area contributed by atoms with E-state index in [1.807, 2.05) is 0 Å². The lowest BCUT2D eigenvalue weighted by molar-refractivity contribution is 0.438. The van der Waals surface area contributed by atoms with Gasteiger partial charge in [-0.05, 0) is 37.0 Å². The van der Waals surface area contributed by atoms with Crippen molar-refractivity contribution in [2.24, 2.45) is 5.92 Å². The summed E-state index contributed by atoms with van der Waals surface area (Å²) in [5, 5.41) is 29.7. The third-order valence-electron chi connectivity index (χ3n) is 3.93. The molecule has 1 heterocycles. The summed E-state index contributed by atoms with van der Waals surface area (Å²) in [4.78, 5) is 2.12. The van der Waals surface area contributed by atoms with Crippen molar-refractivity contribution in [1.82, 2.24) is 0 Å². The van der Waals surface area contributed by atoms with Crippen LogP contribution in [0.5, 0.6) is 0 Å². The molecule has 1 fully saturated rings. The molecular formula is C17H16FN5. The summed E-state index contributed by atoms with van der Waals surface area (Å²) in [5.41, 5.74) is 0.655. The minimum Gasteiger partial charge on any atom is -0.370 e. The molecule has 0 atom stereocenters. The summed E-state index contributed by atoms with van der Waals surface area (Å²) in [6, 6.07) is 9.42. The van der Waals surface area contributed by atoms with Crippen LogP contribution in [-0.4, -0.2) is 13.1 Å². The zero-order chi connectivity index (χ0) is 16.8. The van der Waals surface area contributed by atoms with Crippen LogP contribution in [0.4, 0.5) is 15.8 Å². The number of hydrogen-bond acceptors (Lipinski definition) is 5. The second-order valence-corrected chi connectivity index (χ2v) is 5.54. The van der Waals surface area contributed by atoms with Crippen molar-refractivity contribution in [3.05, 3.63) is 35.3 Å². The molecule has 5 nitrogen and oxygen atoms in total. The van der Waals surface area contributed by atoms with Gasteiger partial charge in [0.05, 0.1) is 11.4 Å². The molecule has 0 amide bonds. The average molecular weight is 309 g/mol. The number of nitrogens with one attached hydrogen (secondary N) is 1. The summed E-state index contributed by atoms with van der Waals surface area (Å²) in [5.74, 6) is 0.204. The first-order chi connectivity index (χ1) is 11.1. The molecule has 1 aliphatic rings. The van der Waals surface area contributed by atoms with Crippen LogP contribution >= 0.6 is 0 Å². The predicted molar refractivity (Wildman–Crippen MR) is 84.5 cm³/mol. The van der Waals surface area contributed by atoms with Gasteiger partial charge in [0.1, 0.15) is 29.7 Å². The molecule has 1 aromatic rings. The second-order valence-electron chi connectivity index (χ2n) is 5.54. The highest BCUT2D eigenvalue weighted by Gasteiger charge is 2.19. The maximum atomic E-state index is 13.6. The van der Waals surface area contributed by atoms with E-state index in [0.717, 1.165) is 31.6 Å². The van der Waals surface area contributed by atoms with E-state index in [9.17, 15) is 4.39 Å².